The van der Waals surface area contributed by atoms with Crippen molar-refractivity contribution in [2.45, 2.75) is 97.1 Å². The SMILES string of the molecule is Cc1c([C@H](OC(C)(C)C)C(=O)O)c2n3cc(nc3c1-c1ccncc1)-c1cccc(c1)-c1cc(F)ccc1O[C@@H](C)CCCCOC1(C)CCN2CC1. The maximum atomic E-state index is 14.8. The zero-order chi connectivity index (χ0) is 37.5. The van der Waals surface area contributed by atoms with Crippen LogP contribution in [0.5, 0.6) is 5.75 Å². The van der Waals surface area contributed by atoms with Crippen LogP contribution in [0.4, 0.5) is 10.2 Å². The summed E-state index contributed by atoms with van der Waals surface area (Å²) in [6.45, 7) is 13.8. The van der Waals surface area contributed by atoms with Gasteiger partial charge in [0.2, 0.25) is 0 Å². The Bertz CT molecular complexity index is 2120. The lowest BCUT2D eigenvalue weighted by atomic mass is 9.91. The van der Waals surface area contributed by atoms with Gasteiger partial charge >= 0.3 is 5.97 Å². The van der Waals surface area contributed by atoms with Crippen molar-refractivity contribution < 1.29 is 28.5 Å². The van der Waals surface area contributed by atoms with Crippen LogP contribution >= 0.6 is 0 Å². The van der Waals surface area contributed by atoms with Crippen LogP contribution in [0.25, 0.3) is 39.2 Å². The summed E-state index contributed by atoms with van der Waals surface area (Å²) in [6.07, 6.45) is 8.34. The normalized spacial score (nSPS) is 20.2. The van der Waals surface area contributed by atoms with Crippen LogP contribution in [-0.4, -0.2) is 62.4 Å². The quantitative estimate of drug-likeness (QED) is 0.196. The Morgan fingerprint density at radius 3 is 2.49 bits per heavy atom. The van der Waals surface area contributed by atoms with Crippen molar-refractivity contribution in [2.24, 2.45) is 0 Å². The molecule has 278 valence electrons. The van der Waals surface area contributed by atoms with Gasteiger partial charge in [-0.15, -0.1) is 0 Å². The number of hydrogen-bond acceptors (Lipinski definition) is 7. The third-order valence-corrected chi connectivity index (χ3v) is 10.4. The summed E-state index contributed by atoms with van der Waals surface area (Å²) in [7, 11) is 0. The molecule has 2 atom stereocenters. The molecule has 3 aliphatic heterocycles. The Balaban J connectivity index is 1.50. The maximum absolute atomic E-state index is 14.8. The predicted octanol–water partition coefficient (Wildman–Crippen LogP) is 9.45. The Hall–Kier alpha value is -4.80. The number of imidazole rings is 1. The molecular formula is C43H49FN4O5. The molecule has 0 unspecified atom stereocenters. The van der Waals surface area contributed by atoms with Gasteiger partial charge in [0, 0.05) is 60.5 Å². The Morgan fingerprint density at radius 2 is 1.77 bits per heavy atom. The zero-order valence-corrected chi connectivity index (χ0v) is 31.5. The van der Waals surface area contributed by atoms with E-state index >= 15 is 0 Å². The van der Waals surface area contributed by atoms with E-state index in [0.717, 1.165) is 65.7 Å². The lowest BCUT2D eigenvalue weighted by molar-refractivity contribution is -0.160. The van der Waals surface area contributed by atoms with E-state index in [0.29, 0.717) is 47.9 Å². The predicted molar refractivity (Wildman–Crippen MR) is 205 cm³/mol. The maximum Gasteiger partial charge on any atom is 0.337 e. The van der Waals surface area contributed by atoms with Crippen molar-refractivity contribution in [3.8, 4) is 39.3 Å². The van der Waals surface area contributed by atoms with E-state index in [1.807, 2.05) is 74.7 Å². The number of piperidine rings is 1. The third-order valence-electron chi connectivity index (χ3n) is 10.4. The number of fused-ring (bicyclic) bond motifs is 8. The van der Waals surface area contributed by atoms with Crippen LogP contribution in [0.2, 0.25) is 0 Å². The number of pyridine rings is 2. The highest BCUT2D eigenvalue weighted by Crippen LogP contribution is 2.44. The van der Waals surface area contributed by atoms with Gasteiger partial charge in [0.1, 0.15) is 23.0 Å². The van der Waals surface area contributed by atoms with E-state index in [1.54, 1.807) is 18.5 Å². The van der Waals surface area contributed by atoms with Gasteiger partial charge in [0.15, 0.2) is 6.10 Å². The number of carboxylic acid groups (broad SMARTS) is 1. The van der Waals surface area contributed by atoms with Crippen molar-refractivity contribution in [3.05, 3.63) is 90.1 Å². The van der Waals surface area contributed by atoms with E-state index in [1.165, 1.54) is 12.1 Å². The van der Waals surface area contributed by atoms with Crippen molar-refractivity contribution >= 4 is 17.4 Å². The fourth-order valence-electron chi connectivity index (χ4n) is 7.68. The topological polar surface area (TPSA) is 98.4 Å². The average molecular weight is 721 g/mol. The highest BCUT2D eigenvalue weighted by atomic mass is 19.1. The molecule has 53 heavy (non-hydrogen) atoms. The van der Waals surface area contributed by atoms with E-state index in [9.17, 15) is 14.3 Å². The van der Waals surface area contributed by atoms with Gasteiger partial charge in [0.05, 0.1) is 23.0 Å². The molecule has 5 aromatic rings. The molecular weight excluding hydrogens is 671 g/mol. The molecule has 0 saturated carbocycles. The van der Waals surface area contributed by atoms with Gasteiger partial charge in [-0.05, 0) is 127 Å². The van der Waals surface area contributed by atoms with Crippen molar-refractivity contribution in [1.82, 2.24) is 14.4 Å². The molecule has 0 radical (unpaired) electrons. The first-order chi connectivity index (χ1) is 25.3. The summed E-state index contributed by atoms with van der Waals surface area (Å²) in [5, 5.41) is 10.8. The first-order valence-electron chi connectivity index (χ1n) is 18.6. The molecule has 6 heterocycles. The second-order valence-corrected chi connectivity index (χ2v) is 15.7. The van der Waals surface area contributed by atoms with Crippen molar-refractivity contribution in [3.63, 3.8) is 0 Å². The van der Waals surface area contributed by atoms with E-state index < -0.39 is 17.7 Å². The van der Waals surface area contributed by atoms with Gasteiger partial charge in [-0.25, -0.2) is 14.2 Å². The van der Waals surface area contributed by atoms with Crippen LogP contribution in [0, 0.1) is 12.7 Å². The van der Waals surface area contributed by atoms with Crippen molar-refractivity contribution in [1.29, 1.82) is 0 Å². The smallest absolute Gasteiger partial charge is 0.337 e. The van der Waals surface area contributed by atoms with E-state index in [-0.39, 0.29) is 17.5 Å². The molecule has 10 heteroatoms. The number of hydrogen-bond donors (Lipinski definition) is 1. The number of ether oxygens (including phenoxy) is 3. The zero-order valence-electron chi connectivity index (χ0n) is 31.5. The van der Waals surface area contributed by atoms with Crippen molar-refractivity contribution in [2.75, 3.05) is 24.6 Å². The summed E-state index contributed by atoms with van der Waals surface area (Å²) in [4.78, 5) is 25.1. The highest BCUT2D eigenvalue weighted by molar-refractivity contribution is 5.89. The molecule has 6 bridgehead atoms. The van der Waals surface area contributed by atoms with Crippen LogP contribution in [-0.2, 0) is 14.3 Å². The minimum atomic E-state index is -1.26. The first-order valence-corrected chi connectivity index (χ1v) is 18.6. The minimum Gasteiger partial charge on any atom is -0.490 e. The molecule has 1 fully saturated rings. The third kappa shape index (κ3) is 7.66. The number of aromatic nitrogens is 3. The van der Waals surface area contributed by atoms with Crippen LogP contribution in [0.1, 0.15) is 84.0 Å². The monoisotopic (exact) mass is 720 g/mol. The second kappa shape index (κ2) is 14.6. The Kier molecular flexibility index (Phi) is 10.0. The lowest BCUT2D eigenvalue weighted by Gasteiger charge is -2.42. The van der Waals surface area contributed by atoms with Crippen LogP contribution in [0.15, 0.2) is 73.2 Å². The molecule has 1 N–H and O–H groups in total. The number of halogens is 1. The summed E-state index contributed by atoms with van der Waals surface area (Å²) in [5.74, 6) is -0.0441. The first kappa shape index (κ1) is 36.6. The summed E-state index contributed by atoms with van der Waals surface area (Å²) in [6, 6.07) is 16.4. The molecule has 1 saturated heterocycles. The lowest BCUT2D eigenvalue weighted by Crippen LogP contribution is -2.45. The van der Waals surface area contributed by atoms with E-state index in [2.05, 4.69) is 23.7 Å². The number of rotatable bonds is 4. The fraction of sp³-hybridized carbons (Fsp3) is 0.419. The number of nitrogens with zero attached hydrogens (tertiary/aromatic N) is 4. The fourth-order valence-corrected chi connectivity index (χ4v) is 7.68. The van der Waals surface area contributed by atoms with Gasteiger partial charge in [-0.3, -0.25) is 9.38 Å². The second-order valence-electron chi connectivity index (χ2n) is 15.7. The van der Waals surface area contributed by atoms with Crippen LogP contribution in [0.3, 0.4) is 0 Å². The molecule has 3 aromatic heterocycles. The van der Waals surface area contributed by atoms with E-state index in [4.69, 9.17) is 19.2 Å². The highest BCUT2D eigenvalue weighted by Gasteiger charge is 2.38. The van der Waals surface area contributed by atoms with Gasteiger partial charge in [-0.1, -0.05) is 18.2 Å². The molecule has 8 rings (SSSR count). The molecule has 0 spiro atoms. The molecule has 9 nitrogen and oxygen atoms in total. The molecule has 0 amide bonds. The number of anilines is 1. The summed E-state index contributed by atoms with van der Waals surface area (Å²) < 4.78 is 36.3. The molecule has 2 aromatic carbocycles. The summed E-state index contributed by atoms with van der Waals surface area (Å²) >= 11 is 0. The Labute approximate surface area is 310 Å². The summed E-state index contributed by atoms with van der Waals surface area (Å²) in [5.41, 5.74) is 5.64. The minimum absolute atomic E-state index is 0.0652. The standard InChI is InChI=1S/C43H49FN4O5/c1-27-10-7-8-23-51-43(6)17-21-47(22-18-43)40-37(38(41(49)50)53-42(3,4)5)28(2)36(29-15-19-45-20-16-29)39-46-34(26-48(39)40)31-12-9-11-30(24-31)33-25-32(44)13-14-35(33)52-27/h9,11-16,19-20,24-27,38H,7-8,10,17-18,21-23H2,1-6H3,(H,49,50)/t27-,38-/m0/s1. The van der Waals surface area contributed by atoms with Gasteiger partial charge in [-0.2, -0.15) is 0 Å². The number of benzene rings is 2. The average Bonchev–Trinajstić information content (AvgIpc) is 3.56. The number of carboxylic acids is 1. The molecule has 3 aliphatic rings. The molecule has 0 aliphatic carbocycles. The van der Waals surface area contributed by atoms with Gasteiger partial charge in [0.25, 0.3) is 0 Å². The largest absolute Gasteiger partial charge is 0.490 e. The number of aliphatic carboxylic acids is 1. The van der Waals surface area contributed by atoms with Crippen LogP contribution < -0.4 is 9.64 Å². The Morgan fingerprint density at radius 1 is 1.04 bits per heavy atom. The number of carbonyl (C=O) groups is 1. The van der Waals surface area contributed by atoms with Gasteiger partial charge < -0.3 is 24.2 Å².